The minimum absolute atomic E-state index is 0.0595. The van der Waals surface area contributed by atoms with Gasteiger partial charge in [-0.05, 0) is 58.7 Å². The van der Waals surface area contributed by atoms with Crippen LogP contribution in [0.5, 0.6) is 0 Å². The Kier molecular flexibility index (Phi) is 5.32. The lowest BCUT2D eigenvalue weighted by molar-refractivity contribution is 0.00140. The fourth-order valence-corrected chi connectivity index (χ4v) is 4.78. The summed E-state index contributed by atoms with van der Waals surface area (Å²) in [6.07, 6.45) is 7.98. The molecule has 0 unspecified atom stereocenters. The van der Waals surface area contributed by atoms with Crippen LogP contribution in [0.25, 0.3) is 0 Å². The van der Waals surface area contributed by atoms with Crippen LogP contribution in [0.1, 0.15) is 39.0 Å². The van der Waals surface area contributed by atoms with E-state index in [9.17, 15) is 5.11 Å². The third-order valence-electron chi connectivity index (χ3n) is 4.36. The van der Waals surface area contributed by atoms with Crippen molar-refractivity contribution in [3.63, 3.8) is 0 Å². The molecule has 0 saturated carbocycles. The first-order valence-electron chi connectivity index (χ1n) is 8.19. The van der Waals surface area contributed by atoms with E-state index in [1.807, 2.05) is 6.92 Å². The summed E-state index contributed by atoms with van der Waals surface area (Å²) in [4.78, 5) is 2.49. The summed E-state index contributed by atoms with van der Waals surface area (Å²) in [5.74, 6) is 0.271. The van der Waals surface area contributed by atoms with Gasteiger partial charge >= 0.3 is 0 Å². The number of nitrogens with zero attached hydrogens (tertiary/aromatic N) is 1. The van der Waals surface area contributed by atoms with E-state index in [-0.39, 0.29) is 18.1 Å². The van der Waals surface area contributed by atoms with Crippen LogP contribution in [0.15, 0.2) is 11.8 Å². The zero-order valence-electron chi connectivity index (χ0n) is 13.6. The maximum atomic E-state index is 10.8. The lowest BCUT2D eigenvalue weighted by Crippen LogP contribution is -2.43. The van der Waals surface area contributed by atoms with Crippen LogP contribution < -0.4 is 0 Å². The molecule has 1 aliphatic heterocycles. The highest BCUT2D eigenvalue weighted by molar-refractivity contribution is 6.69. The van der Waals surface area contributed by atoms with E-state index in [0.29, 0.717) is 0 Å². The Bertz CT molecular complexity index is 345. The van der Waals surface area contributed by atoms with Gasteiger partial charge in [0, 0.05) is 24.7 Å². The molecule has 1 aliphatic carbocycles. The van der Waals surface area contributed by atoms with Gasteiger partial charge in [0.1, 0.15) is 0 Å². The highest BCUT2D eigenvalue weighted by Crippen LogP contribution is 2.34. The summed E-state index contributed by atoms with van der Waals surface area (Å²) < 4.78 is 6.11. The molecule has 0 bridgehead atoms. The summed E-state index contributed by atoms with van der Waals surface area (Å²) in [7, 11) is -1.59. The zero-order chi connectivity index (χ0) is 14.8. The summed E-state index contributed by atoms with van der Waals surface area (Å²) >= 11 is 0. The minimum Gasteiger partial charge on any atom is -0.412 e. The normalized spacial score (nSPS) is 27.4. The van der Waals surface area contributed by atoms with Crippen LogP contribution in [0.4, 0.5) is 0 Å². The zero-order valence-corrected chi connectivity index (χ0v) is 14.6. The Labute approximate surface area is 125 Å². The topological polar surface area (TPSA) is 32.7 Å². The SMILES string of the molecule is C[C@@H](O[Si](C)(C)C)[C@@H](O)[C@H]1CCCC=C1N1CCCC1. The van der Waals surface area contributed by atoms with Gasteiger partial charge < -0.3 is 14.4 Å². The average molecular weight is 298 g/mol. The van der Waals surface area contributed by atoms with Gasteiger partial charge in [0.2, 0.25) is 0 Å². The third-order valence-corrected chi connectivity index (χ3v) is 5.44. The molecule has 2 aliphatic rings. The lowest BCUT2D eigenvalue weighted by atomic mass is 9.85. The smallest absolute Gasteiger partial charge is 0.184 e. The molecule has 116 valence electrons. The molecule has 0 aromatic carbocycles. The fourth-order valence-electron chi connectivity index (χ4n) is 3.53. The van der Waals surface area contributed by atoms with Crippen LogP contribution in [0.2, 0.25) is 19.6 Å². The molecule has 0 spiro atoms. The standard InChI is InChI=1S/C16H31NO2Si/c1-13(19-20(2,3)4)16(18)14-9-5-6-10-15(14)17-11-7-8-12-17/h10,13-14,16,18H,5-9,11-12H2,1-4H3/t13-,14+,16-/m1/s1. The summed E-state index contributed by atoms with van der Waals surface area (Å²) in [6.45, 7) is 10.9. The molecule has 2 rings (SSSR count). The van der Waals surface area contributed by atoms with Crippen molar-refractivity contribution >= 4 is 8.32 Å². The van der Waals surface area contributed by atoms with Gasteiger partial charge in [0.05, 0.1) is 12.2 Å². The Morgan fingerprint density at radius 3 is 2.50 bits per heavy atom. The maximum Gasteiger partial charge on any atom is 0.184 e. The second-order valence-electron chi connectivity index (χ2n) is 7.29. The van der Waals surface area contributed by atoms with Gasteiger partial charge in [-0.3, -0.25) is 0 Å². The molecule has 4 heteroatoms. The molecule has 1 saturated heterocycles. The number of hydrogen-bond donors (Lipinski definition) is 1. The van der Waals surface area contributed by atoms with E-state index < -0.39 is 8.32 Å². The highest BCUT2D eigenvalue weighted by atomic mass is 28.4. The Hall–Kier alpha value is -0.323. The molecule has 1 N–H and O–H groups in total. The van der Waals surface area contributed by atoms with Crippen molar-refractivity contribution in [3.05, 3.63) is 11.8 Å². The maximum absolute atomic E-state index is 10.8. The van der Waals surface area contributed by atoms with E-state index in [0.717, 1.165) is 25.9 Å². The van der Waals surface area contributed by atoms with Gasteiger partial charge in [0.25, 0.3) is 0 Å². The van der Waals surface area contributed by atoms with Crippen molar-refractivity contribution in [2.24, 2.45) is 5.92 Å². The van der Waals surface area contributed by atoms with Crippen LogP contribution in [0.3, 0.4) is 0 Å². The van der Waals surface area contributed by atoms with Gasteiger partial charge in [-0.2, -0.15) is 0 Å². The molecule has 20 heavy (non-hydrogen) atoms. The summed E-state index contributed by atoms with van der Waals surface area (Å²) in [5.41, 5.74) is 1.40. The number of aliphatic hydroxyl groups excluding tert-OH is 1. The van der Waals surface area contributed by atoms with Crippen LogP contribution in [0, 0.1) is 5.92 Å². The van der Waals surface area contributed by atoms with Gasteiger partial charge in [-0.1, -0.05) is 6.08 Å². The molecule has 3 nitrogen and oxygen atoms in total. The molecular formula is C16H31NO2Si. The molecule has 0 aromatic rings. The highest BCUT2D eigenvalue weighted by Gasteiger charge is 2.34. The first kappa shape index (κ1) is 16.1. The predicted octanol–water partition coefficient (Wildman–Crippen LogP) is 3.37. The summed E-state index contributed by atoms with van der Waals surface area (Å²) in [6, 6.07) is 0. The molecule has 1 fully saturated rings. The Morgan fingerprint density at radius 1 is 1.25 bits per heavy atom. The van der Waals surface area contributed by atoms with Crippen molar-refractivity contribution in [2.45, 2.75) is 70.9 Å². The predicted molar refractivity (Wildman–Crippen MR) is 86.1 cm³/mol. The first-order valence-corrected chi connectivity index (χ1v) is 11.6. The number of hydrogen-bond acceptors (Lipinski definition) is 3. The van der Waals surface area contributed by atoms with Crippen LogP contribution >= 0.6 is 0 Å². The number of rotatable bonds is 5. The molecular weight excluding hydrogens is 266 g/mol. The van der Waals surface area contributed by atoms with E-state index in [4.69, 9.17) is 4.43 Å². The quantitative estimate of drug-likeness (QED) is 0.790. The van der Waals surface area contributed by atoms with Gasteiger partial charge in [-0.15, -0.1) is 0 Å². The van der Waals surface area contributed by atoms with E-state index in [2.05, 4.69) is 30.6 Å². The van der Waals surface area contributed by atoms with E-state index in [1.54, 1.807) is 0 Å². The number of aliphatic hydroxyl groups is 1. The molecule has 0 radical (unpaired) electrons. The van der Waals surface area contributed by atoms with Gasteiger partial charge in [-0.25, -0.2) is 0 Å². The average Bonchev–Trinajstić information content (AvgIpc) is 2.89. The van der Waals surface area contributed by atoms with Crippen molar-refractivity contribution in [1.29, 1.82) is 0 Å². The van der Waals surface area contributed by atoms with E-state index in [1.165, 1.54) is 25.0 Å². The Balaban J connectivity index is 2.04. The number of likely N-dealkylation sites (tertiary alicyclic amines) is 1. The van der Waals surface area contributed by atoms with Crippen molar-refractivity contribution in [2.75, 3.05) is 13.1 Å². The van der Waals surface area contributed by atoms with Gasteiger partial charge in [0.15, 0.2) is 8.32 Å². The molecule has 0 aromatic heterocycles. The van der Waals surface area contributed by atoms with Crippen LogP contribution in [-0.2, 0) is 4.43 Å². The Morgan fingerprint density at radius 2 is 1.90 bits per heavy atom. The van der Waals surface area contributed by atoms with Crippen LogP contribution in [-0.4, -0.2) is 43.6 Å². The second kappa shape index (κ2) is 6.63. The summed E-state index contributed by atoms with van der Waals surface area (Å²) in [5, 5.41) is 10.8. The van der Waals surface area contributed by atoms with E-state index >= 15 is 0 Å². The minimum atomic E-state index is -1.59. The fraction of sp³-hybridized carbons (Fsp3) is 0.875. The molecule has 0 amide bonds. The second-order valence-corrected chi connectivity index (χ2v) is 11.7. The first-order chi connectivity index (χ1) is 9.38. The lowest BCUT2D eigenvalue weighted by Gasteiger charge is -2.38. The molecule has 1 heterocycles. The number of allylic oxidation sites excluding steroid dienone is 1. The monoisotopic (exact) mass is 297 g/mol. The third kappa shape index (κ3) is 4.09. The van der Waals surface area contributed by atoms with Crippen molar-refractivity contribution < 1.29 is 9.53 Å². The van der Waals surface area contributed by atoms with Crippen molar-refractivity contribution in [1.82, 2.24) is 4.90 Å². The van der Waals surface area contributed by atoms with Crippen molar-refractivity contribution in [3.8, 4) is 0 Å². The largest absolute Gasteiger partial charge is 0.412 e. The molecule has 3 atom stereocenters.